The number of fused-ring (bicyclic) bond motifs is 4. The maximum atomic E-state index is 14.0. The number of hydrogen-bond donors (Lipinski definition) is 1. The van der Waals surface area contributed by atoms with E-state index in [-0.39, 0.29) is 31.5 Å². The molecule has 4 aromatic carbocycles. The van der Waals surface area contributed by atoms with Crippen molar-refractivity contribution in [3.8, 4) is 28.1 Å². The standard InChI is InChI=1S/C35H28FN3O4S/c1-21-31(22-14-16-23(36)17-15-22)37-34(44-21)38-33(40)32-28-12-6-7-13-30(28)42-19-18-39(32)35(41)43-20-29-26-10-4-2-8-24(26)25-9-3-5-11-27(25)29/h2-17,29,32H,18-20H2,1H3,(H,37,38,40). The summed E-state index contributed by atoms with van der Waals surface area (Å²) >= 11 is 1.31. The van der Waals surface area contributed by atoms with Gasteiger partial charge in [-0.15, -0.1) is 11.3 Å². The predicted molar refractivity (Wildman–Crippen MR) is 167 cm³/mol. The van der Waals surface area contributed by atoms with Gasteiger partial charge in [-0.2, -0.15) is 0 Å². The molecule has 7 rings (SSSR count). The second-order valence-corrected chi connectivity index (χ2v) is 11.9. The van der Waals surface area contributed by atoms with Crippen LogP contribution in [-0.4, -0.2) is 41.6 Å². The van der Waals surface area contributed by atoms with Gasteiger partial charge in [-0.3, -0.25) is 15.0 Å². The molecule has 0 spiro atoms. The Bertz CT molecular complexity index is 1830. The molecule has 1 aliphatic carbocycles. The third-order valence-corrected chi connectivity index (χ3v) is 8.96. The number of carbonyl (C=O) groups is 2. The van der Waals surface area contributed by atoms with Gasteiger partial charge < -0.3 is 9.47 Å². The Morgan fingerprint density at radius 1 is 0.932 bits per heavy atom. The van der Waals surface area contributed by atoms with Crippen molar-refractivity contribution in [3.63, 3.8) is 0 Å². The molecule has 9 heteroatoms. The van der Waals surface area contributed by atoms with Crippen molar-refractivity contribution in [2.45, 2.75) is 18.9 Å². The maximum absolute atomic E-state index is 14.0. The van der Waals surface area contributed by atoms with E-state index in [2.05, 4.69) is 34.6 Å². The third-order valence-electron chi connectivity index (χ3n) is 8.08. The zero-order chi connectivity index (χ0) is 30.2. The number of aromatic nitrogens is 1. The molecule has 0 saturated heterocycles. The zero-order valence-corrected chi connectivity index (χ0v) is 24.6. The van der Waals surface area contributed by atoms with Gasteiger partial charge in [0.05, 0.1) is 12.2 Å². The average molecular weight is 606 g/mol. The normalized spacial score (nSPS) is 15.4. The molecule has 1 atom stereocenters. The minimum atomic E-state index is -1.01. The lowest BCUT2D eigenvalue weighted by Crippen LogP contribution is -2.42. The van der Waals surface area contributed by atoms with Crippen LogP contribution in [0.4, 0.5) is 14.3 Å². The van der Waals surface area contributed by atoms with Crippen LogP contribution in [0.25, 0.3) is 22.4 Å². The van der Waals surface area contributed by atoms with Crippen molar-refractivity contribution in [1.82, 2.24) is 9.88 Å². The van der Waals surface area contributed by atoms with Crippen LogP contribution in [-0.2, 0) is 9.53 Å². The van der Waals surface area contributed by atoms with E-state index in [1.807, 2.05) is 43.3 Å². The lowest BCUT2D eigenvalue weighted by molar-refractivity contribution is -0.121. The van der Waals surface area contributed by atoms with Crippen molar-refractivity contribution >= 4 is 28.5 Å². The number of benzene rings is 4. The van der Waals surface area contributed by atoms with Gasteiger partial charge in [0.15, 0.2) is 5.13 Å². The van der Waals surface area contributed by atoms with E-state index >= 15 is 0 Å². The molecule has 220 valence electrons. The molecule has 2 amide bonds. The van der Waals surface area contributed by atoms with E-state index in [4.69, 9.17) is 9.47 Å². The lowest BCUT2D eigenvalue weighted by Gasteiger charge is -2.28. The summed E-state index contributed by atoms with van der Waals surface area (Å²) in [5.74, 6) is -0.352. The Labute approximate surface area is 257 Å². The highest BCUT2D eigenvalue weighted by atomic mass is 32.1. The number of carbonyl (C=O) groups excluding carboxylic acids is 2. The van der Waals surface area contributed by atoms with Gasteiger partial charge in [0.25, 0.3) is 5.91 Å². The summed E-state index contributed by atoms with van der Waals surface area (Å²) in [6, 6.07) is 28.6. The molecule has 5 aromatic rings. The predicted octanol–water partition coefficient (Wildman–Crippen LogP) is 7.58. The number of ether oxygens (including phenoxy) is 2. The second kappa shape index (κ2) is 11.6. The van der Waals surface area contributed by atoms with Crippen molar-refractivity contribution in [3.05, 3.63) is 124 Å². The largest absolute Gasteiger partial charge is 0.491 e. The van der Waals surface area contributed by atoms with Crippen molar-refractivity contribution < 1.29 is 23.5 Å². The first-order chi connectivity index (χ1) is 21.5. The molecule has 1 aromatic heterocycles. The highest BCUT2D eigenvalue weighted by Gasteiger charge is 2.38. The monoisotopic (exact) mass is 605 g/mol. The van der Waals surface area contributed by atoms with E-state index in [1.54, 1.807) is 24.3 Å². The summed E-state index contributed by atoms with van der Waals surface area (Å²) in [5.41, 5.74) is 6.45. The molecule has 1 unspecified atom stereocenters. The molecular formula is C35H28FN3O4S. The number of rotatable bonds is 5. The van der Waals surface area contributed by atoms with Crippen molar-refractivity contribution in [2.24, 2.45) is 0 Å². The van der Waals surface area contributed by atoms with E-state index < -0.39 is 18.0 Å². The topological polar surface area (TPSA) is 80.8 Å². The minimum Gasteiger partial charge on any atom is -0.491 e. The van der Waals surface area contributed by atoms with Gasteiger partial charge in [-0.05, 0) is 59.5 Å². The van der Waals surface area contributed by atoms with Crippen LogP contribution in [0.3, 0.4) is 0 Å². The van der Waals surface area contributed by atoms with Crippen LogP contribution in [0.1, 0.15) is 33.5 Å². The van der Waals surface area contributed by atoms with E-state index in [1.165, 1.54) is 28.4 Å². The van der Waals surface area contributed by atoms with Gasteiger partial charge in [0.2, 0.25) is 0 Å². The van der Waals surface area contributed by atoms with Crippen LogP contribution >= 0.6 is 11.3 Å². The van der Waals surface area contributed by atoms with Gasteiger partial charge in [0, 0.05) is 21.9 Å². The minimum absolute atomic E-state index is 0.114. The molecule has 7 nitrogen and oxygen atoms in total. The number of aryl methyl sites for hydroxylation is 1. The fourth-order valence-electron chi connectivity index (χ4n) is 6.04. The average Bonchev–Trinajstić information content (AvgIpc) is 3.48. The van der Waals surface area contributed by atoms with E-state index in [0.717, 1.165) is 32.7 Å². The Morgan fingerprint density at radius 3 is 2.27 bits per heavy atom. The smallest absolute Gasteiger partial charge is 0.410 e. The van der Waals surface area contributed by atoms with Crippen LogP contribution in [0.5, 0.6) is 5.75 Å². The molecule has 2 heterocycles. The number of anilines is 1. The second-order valence-electron chi connectivity index (χ2n) is 10.7. The highest BCUT2D eigenvalue weighted by molar-refractivity contribution is 7.16. The van der Waals surface area contributed by atoms with Gasteiger partial charge in [-0.25, -0.2) is 14.2 Å². The summed E-state index contributed by atoms with van der Waals surface area (Å²) in [6.07, 6.45) is -0.602. The number of hydrogen-bond acceptors (Lipinski definition) is 6. The van der Waals surface area contributed by atoms with Crippen LogP contribution in [0.15, 0.2) is 97.1 Å². The molecular weight excluding hydrogens is 577 g/mol. The highest BCUT2D eigenvalue weighted by Crippen LogP contribution is 2.45. The number of nitrogens with one attached hydrogen (secondary N) is 1. The molecule has 1 aliphatic heterocycles. The number of nitrogens with zero attached hydrogens (tertiary/aromatic N) is 2. The number of amides is 2. The Hall–Kier alpha value is -5.02. The fourth-order valence-corrected chi connectivity index (χ4v) is 6.88. The Balaban J connectivity index is 1.15. The van der Waals surface area contributed by atoms with Gasteiger partial charge in [0.1, 0.15) is 30.8 Å². The number of halogens is 1. The quantitative estimate of drug-likeness (QED) is 0.223. The van der Waals surface area contributed by atoms with E-state index in [0.29, 0.717) is 22.1 Å². The fraction of sp³-hybridized carbons (Fsp3) is 0.171. The Morgan fingerprint density at radius 2 is 1.57 bits per heavy atom. The lowest BCUT2D eigenvalue weighted by atomic mass is 9.98. The molecule has 0 fully saturated rings. The zero-order valence-electron chi connectivity index (χ0n) is 23.8. The first-order valence-corrected chi connectivity index (χ1v) is 15.2. The Kier molecular flexibility index (Phi) is 7.31. The van der Waals surface area contributed by atoms with Gasteiger partial charge in [-0.1, -0.05) is 66.7 Å². The molecule has 1 N–H and O–H groups in total. The molecule has 0 bridgehead atoms. The SMILES string of the molecule is Cc1sc(NC(=O)C2c3ccccc3OCCN2C(=O)OCC2c3ccccc3-c3ccccc32)nc1-c1ccc(F)cc1. The number of thiazole rings is 1. The van der Waals surface area contributed by atoms with Crippen LogP contribution in [0.2, 0.25) is 0 Å². The van der Waals surface area contributed by atoms with Crippen LogP contribution < -0.4 is 10.1 Å². The molecule has 2 aliphatic rings. The summed E-state index contributed by atoms with van der Waals surface area (Å²) in [4.78, 5) is 34.7. The van der Waals surface area contributed by atoms with Crippen LogP contribution in [0, 0.1) is 12.7 Å². The third kappa shape index (κ3) is 5.09. The van der Waals surface area contributed by atoms with Gasteiger partial charge >= 0.3 is 6.09 Å². The number of para-hydroxylation sites is 1. The molecule has 0 saturated carbocycles. The summed E-state index contributed by atoms with van der Waals surface area (Å²) in [6.45, 7) is 2.38. The first kappa shape index (κ1) is 27.8. The van der Waals surface area contributed by atoms with Crippen molar-refractivity contribution in [2.75, 3.05) is 25.1 Å². The summed E-state index contributed by atoms with van der Waals surface area (Å²) in [5, 5.41) is 3.30. The summed E-state index contributed by atoms with van der Waals surface area (Å²) in [7, 11) is 0. The first-order valence-electron chi connectivity index (χ1n) is 14.4. The summed E-state index contributed by atoms with van der Waals surface area (Å²) < 4.78 is 25.4. The van der Waals surface area contributed by atoms with Crippen molar-refractivity contribution in [1.29, 1.82) is 0 Å². The van der Waals surface area contributed by atoms with E-state index in [9.17, 15) is 14.0 Å². The molecule has 0 radical (unpaired) electrons. The maximum Gasteiger partial charge on any atom is 0.410 e. The molecule has 44 heavy (non-hydrogen) atoms.